The van der Waals surface area contributed by atoms with E-state index in [9.17, 15) is 0 Å². The minimum Gasteiger partial charge on any atom is -0.455 e. The fraction of sp³-hybridized carbons (Fsp3) is 0. The van der Waals surface area contributed by atoms with Gasteiger partial charge in [-0.05, 0) is 80.2 Å². The molecular weight excluding hydrogens is 583 g/mol. The molecule has 220 valence electrons. The molecule has 9 aromatic rings. The van der Waals surface area contributed by atoms with Crippen LogP contribution in [0.25, 0.3) is 106 Å². The average molecular weight is 608 g/mol. The second-order valence-electron chi connectivity index (χ2n) is 12.8. The first-order valence-electron chi connectivity index (χ1n) is 16.4. The van der Waals surface area contributed by atoms with Gasteiger partial charge in [0.1, 0.15) is 11.2 Å². The molecule has 0 atom stereocenters. The second kappa shape index (κ2) is 9.53. The third-order valence-electron chi connectivity index (χ3n) is 10.2. The molecule has 2 aliphatic carbocycles. The van der Waals surface area contributed by atoms with Gasteiger partial charge in [-0.3, -0.25) is 0 Å². The van der Waals surface area contributed by atoms with Crippen LogP contribution in [0.2, 0.25) is 0 Å². The Balaban J connectivity index is 1.14. The number of nitrogens with zero attached hydrogens (tertiary/aromatic N) is 1. The highest BCUT2D eigenvalue weighted by Crippen LogP contribution is 2.53. The van der Waals surface area contributed by atoms with Crippen LogP contribution in [0.4, 0.5) is 0 Å². The summed E-state index contributed by atoms with van der Waals surface area (Å²) in [6, 6.07) is 47.7. The van der Waals surface area contributed by atoms with Crippen LogP contribution in [0.3, 0.4) is 0 Å². The van der Waals surface area contributed by atoms with Crippen molar-refractivity contribution in [2.45, 2.75) is 0 Å². The normalized spacial score (nSPS) is 13.0. The first kappa shape index (κ1) is 25.7. The molecule has 2 aliphatic rings. The van der Waals surface area contributed by atoms with Crippen molar-refractivity contribution in [2.75, 3.05) is 0 Å². The number of benzene rings is 7. The van der Waals surface area contributed by atoms with Crippen LogP contribution in [0, 0.1) is 0 Å². The Bertz CT molecular complexity index is 2980. The predicted octanol–water partition coefficient (Wildman–Crippen LogP) is 12.5. The Morgan fingerprint density at radius 1 is 0.542 bits per heavy atom. The first-order valence-corrected chi connectivity index (χ1v) is 16.4. The molecule has 0 spiro atoms. The molecule has 0 saturated carbocycles. The molecule has 0 radical (unpaired) electrons. The molecule has 2 heteroatoms. The lowest BCUT2D eigenvalue weighted by atomic mass is 9.92. The van der Waals surface area contributed by atoms with Crippen molar-refractivity contribution < 1.29 is 4.42 Å². The van der Waals surface area contributed by atoms with Crippen molar-refractivity contribution in [1.82, 2.24) is 4.98 Å². The summed E-state index contributed by atoms with van der Waals surface area (Å²) in [6.45, 7) is 0. The number of fused-ring (bicyclic) bond motifs is 11. The van der Waals surface area contributed by atoms with Crippen LogP contribution >= 0.6 is 0 Å². The number of para-hydroxylation sites is 1. The molecule has 0 bridgehead atoms. The number of aromatic nitrogens is 1. The van der Waals surface area contributed by atoms with E-state index in [4.69, 9.17) is 9.40 Å². The molecule has 2 heterocycles. The zero-order valence-corrected chi connectivity index (χ0v) is 25.8. The van der Waals surface area contributed by atoms with Gasteiger partial charge >= 0.3 is 0 Å². The van der Waals surface area contributed by atoms with Crippen LogP contribution in [0.15, 0.2) is 150 Å². The summed E-state index contributed by atoms with van der Waals surface area (Å²) < 4.78 is 6.72. The average Bonchev–Trinajstić information content (AvgIpc) is 3.59. The van der Waals surface area contributed by atoms with E-state index < -0.39 is 0 Å². The summed E-state index contributed by atoms with van der Waals surface area (Å²) in [5.74, 6) is 0. The van der Waals surface area contributed by atoms with Gasteiger partial charge in [0, 0.05) is 44.0 Å². The number of furan rings is 1. The molecule has 0 amide bonds. The van der Waals surface area contributed by atoms with Crippen LogP contribution in [-0.2, 0) is 0 Å². The van der Waals surface area contributed by atoms with Crippen LogP contribution < -0.4 is 0 Å². The lowest BCUT2D eigenvalue weighted by Crippen LogP contribution is -1.90. The number of rotatable bonds is 2. The van der Waals surface area contributed by atoms with Crippen LogP contribution in [0.1, 0.15) is 16.7 Å². The monoisotopic (exact) mass is 607 g/mol. The number of allylic oxidation sites excluding steroid dienone is 2. The van der Waals surface area contributed by atoms with E-state index in [2.05, 4.69) is 151 Å². The highest BCUT2D eigenvalue weighted by atomic mass is 16.3. The molecule has 2 nitrogen and oxygen atoms in total. The van der Waals surface area contributed by atoms with Gasteiger partial charge in [0.15, 0.2) is 0 Å². The quantitative estimate of drug-likeness (QED) is 0.183. The molecular formula is C46H25NO. The molecule has 0 saturated heterocycles. The van der Waals surface area contributed by atoms with Gasteiger partial charge in [-0.25, -0.2) is 4.98 Å². The summed E-state index contributed by atoms with van der Waals surface area (Å²) in [6.07, 6.45) is 6.49. The van der Waals surface area contributed by atoms with E-state index in [0.717, 1.165) is 61.0 Å². The maximum absolute atomic E-state index is 6.72. The molecule has 7 aromatic carbocycles. The van der Waals surface area contributed by atoms with Crippen LogP contribution in [0.5, 0.6) is 0 Å². The van der Waals surface area contributed by atoms with Gasteiger partial charge in [0.05, 0.1) is 11.2 Å². The fourth-order valence-corrected chi connectivity index (χ4v) is 7.94. The van der Waals surface area contributed by atoms with Gasteiger partial charge in [-0.1, -0.05) is 115 Å². The number of hydrogen-bond donors (Lipinski definition) is 0. The van der Waals surface area contributed by atoms with Crippen molar-refractivity contribution in [3.8, 4) is 33.5 Å². The highest BCUT2D eigenvalue weighted by molar-refractivity contribution is 6.27. The smallest absolute Gasteiger partial charge is 0.144 e. The van der Waals surface area contributed by atoms with Crippen molar-refractivity contribution in [3.05, 3.63) is 162 Å². The largest absolute Gasteiger partial charge is 0.455 e. The minimum atomic E-state index is 0.896. The van der Waals surface area contributed by atoms with Gasteiger partial charge in [-0.15, -0.1) is 5.73 Å². The maximum atomic E-state index is 6.72. The molecule has 2 aromatic heterocycles. The Morgan fingerprint density at radius 2 is 1.33 bits per heavy atom. The Hall–Kier alpha value is -6.47. The molecule has 11 rings (SSSR count). The maximum Gasteiger partial charge on any atom is 0.144 e. The summed E-state index contributed by atoms with van der Waals surface area (Å²) in [5.41, 5.74) is 17.8. The van der Waals surface area contributed by atoms with E-state index in [0.29, 0.717) is 0 Å². The topological polar surface area (TPSA) is 26.0 Å². The highest BCUT2D eigenvalue weighted by Gasteiger charge is 2.28. The van der Waals surface area contributed by atoms with Crippen molar-refractivity contribution in [1.29, 1.82) is 0 Å². The summed E-state index contributed by atoms with van der Waals surface area (Å²) >= 11 is 0. The standard InChI is InChI=1S/C46H25NO/c1-2-8-32-25-33(20-15-27(32)7-1)40-24-22-31-19-18-28-16-17-29(21-23-34(28)45(31)47-40)38-26-39-35-12-5-9-30-10-6-13-37(42(30)35)43(39)44-36-11-3-4-14-41(36)48-46(38)44/h1-20,22-26H. The lowest BCUT2D eigenvalue weighted by Gasteiger charge is -2.09. The zero-order chi connectivity index (χ0) is 31.3. The molecule has 0 N–H and O–H groups in total. The first-order chi connectivity index (χ1) is 23.8. The summed E-state index contributed by atoms with van der Waals surface area (Å²) in [4.78, 5) is 5.24. The molecule has 48 heavy (non-hydrogen) atoms. The predicted molar refractivity (Wildman–Crippen MR) is 201 cm³/mol. The summed E-state index contributed by atoms with van der Waals surface area (Å²) in [7, 11) is 0. The third kappa shape index (κ3) is 3.55. The van der Waals surface area contributed by atoms with E-state index >= 15 is 0 Å². The molecule has 0 unspecified atom stereocenters. The number of hydrogen-bond acceptors (Lipinski definition) is 2. The van der Waals surface area contributed by atoms with Gasteiger partial charge < -0.3 is 4.42 Å². The third-order valence-corrected chi connectivity index (χ3v) is 10.2. The van der Waals surface area contributed by atoms with Crippen LogP contribution in [-0.4, -0.2) is 4.98 Å². The van der Waals surface area contributed by atoms with Crippen molar-refractivity contribution in [2.24, 2.45) is 0 Å². The van der Waals surface area contributed by atoms with E-state index in [1.807, 2.05) is 6.07 Å². The van der Waals surface area contributed by atoms with E-state index in [1.165, 1.54) is 49.2 Å². The van der Waals surface area contributed by atoms with Gasteiger partial charge in [0.2, 0.25) is 0 Å². The summed E-state index contributed by atoms with van der Waals surface area (Å²) in [5, 5.41) is 8.42. The SMILES string of the molecule is C1=Cc2c(ccc3ccc(-c4ccc5ccccc5c4)nc23)C=CC=1c1cc2c(c3c1oc1ccccc13)-c1cccc3cccc-2c13. The van der Waals surface area contributed by atoms with Crippen molar-refractivity contribution >= 4 is 72.1 Å². The molecule has 0 aliphatic heterocycles. The molecule has 0 fully saturated rings. The van der Waals surface area contributed by atoms with E-state index in [1.54, 1.807) is 0 Å². The van der Waals surface area contributed by atoms with Crippen molar-refractivity contribution in [3.63, 3.8) is 0 Å². The van der Waals surface area contributed by atoms with Gasteiger partial charge in [0.25, 0.3) is 0 Å². The Kier molecular flexibility index (Phi) is 5.10. The Labute approximate surface area is 276 Å². The zero-order valence-electron chi connectivity index (χ0n) is 25.8. The number of pyridine rings is 1. The second-order valence-corrected chi connectivity index (χ2v) is 12.8. The fourth-order valence-electron chi connectivity index (χ4n) is 7.94. The lowest BCUT2D eigenvalue weighted by molar-refractivity contribution is 0.668. The van der Waals surface area contributed by atoms with Gasteiger partial charge in [-0.2, -0.15) is 0 Å². The van der Waals surface area contributed by atoms with E-state index in [-0.39, 0.29) is 0 Å². The minimum absolute atomic E-state index is 0.896. The Morgan fingerprint density at radius 3 is 2.27 bits per heavy atom.